The fraction of sp³-hybridized carbons (Fsp3) is 0.200. The number of nitrogens with one attached hydrogen (secondary N) is 1. The van der Waals surface area contributed by atoms with E-state index in [4.69, 9.17) is 0 Å². The second kappa shape index (κ2) is 5.88. The van der Waals surface area contributed by atoms with Crippen molar-refractivity contribution in [3.8, 4) is 11.4 Å². The molecule has 0 aliphatic carbocycles. The van der Waals surface area contributed by atoms with Gasteiger partial charge < -0.3 is 5.32 Å². The number of anilines is 1. The zero-order valence-corrected chi connectivity index (χ0v) is 13.9. The Morgan fingerprint density at radius 1 is 1.10 bits per heavy atom. The quantitative estimate of drug-likeness (QED) is 0.694. The summed E-state index contributed by atoms with van der Waals surface area (Å²) in [6, 6.07) is 5.90. The predicted molar refractivity (Wildman–Crippen MR) is 92.2 cm³/mol. The Morgan fingerprint density at radius 2 is 1.86 bits per heavy atom. The van der Waals surface area contributed by atoms with Crippen LogP contribution < -0.4 is 5.32 Å². The number of benzene rings is 1. The van der Waals surface area contributed by atoms with E-state index in [0.717, 1.165) is 38.2 Å². The summed E-state index contributed by atoms with van der Waals surface area (Å²) >= 11 is 2.27. The number of aryl methyl sites for hydroxylation is 1. The largest absolute Gasteiger partial charge is 0.369 e. The molecule has 6 heteroatoms. The third-order valence-corrected chi connectivity index (χ3v) is 4.38. The van der Waals surface area contributed by atoms with Crippen LogP contribution in [0.1, 0.15) is 12.6 Å². The Kier molecular flexibility index (Phi) is 3.96. The fourth-order valence-corrected chi connectivity index (χ4v) is 2.51. The molecule has 2 heterocycles. The average molecular weight is 391 g/mol. The Morgan fingerprint density at radius 3 is 2.62 bits per heavy atom. The number of rotatable bonds is 3. The molecule has 5 nitrogen and oxygen atoms in total. The SMILES string of the molecule is CCNc1nc(-c2ccc3nccnc3c2)nc(C)c1I. The summed E-state index contributed by atoms with van der Waals surface area (Å²) in [4.78, 5) is 17.8. The molecule has 106 valence electrons. The van der Waals surface area contributed by atoms with E-state index >= 15 is 0 Å². The Hall–Kier alpha value is -1.83. The summed E-state index contributed by atoms with van der Waals surface area (Å²) in [5.74, 6) is 1.58. The van der Waals surface area contributed by atoms with Crippen molar-refractivity contribution in [2.75, 3.05) is 11.9 Å². The lowest BCUT2D eigenvalue weighted by Gasteiger charge is -2.10. The van der Waals surface area contributed by atoms with Crippen LogP contribution >= 0.6 is 22.6 Å². The van der Waals surface area contributed by atoms with Gasteiger partial charge in [-0.1, -0.05) is 0 Å². The molecule has 0 saturated carbocycles. The number of halogens is 1. The summed E-state index contributed by atoms with van der Waals surface area (Å²) in [6.45, 7) is 4.88. The Balaban J connectivity index is 2.13. The lowest BCUT2D eigenvalue weighted by Crippen LogP contribution is -2.06. The normalized spacial score (nSPS) is 10.8. The summed E-state index contributed by atoms with van der Waals surface area (Å²) in [5, 5.41) is 3.28. The van der Waals surface area contributed by atoms with Crippen molar-refractivity contribution in [2.45, 2.75) is 13.8 Å². The van der Waals surface area contributed by atoms with E-state index in [1.165, 1.54) is 0 Å². The number of hydrogen-bond acceptors (Lipinski definition) is 5. The van der Waals surface area contributed by atoms with Crippen molar-refractivity contribution >= 4 is 39.4 Å². The predicted octanol–water partition coefficient (Wildman–Crippen LogP) is 3.43. The molecule has 1 aromatic carbocycles. The smallest absolute Gasteiger partial charge is 0.161 e. The molecule has 0 saturated heterocycles. The number of hydrogen-bond donors (Lipinski definition) is 1. The van der Waals surface area contributed by atoms with Crippen molar-refractivity contribution in [1.29, 1.82) is 0 Å². The molecule has 0 radical (unpaired) electrons. The van der Waals surface area contributed by atoms with Crippen molar-refractivity contribution < 1.29 is 0 Å². The third kappa shape index (κ3) is 2.80. The van der Waals surface area contributed by atoms with Gasteiger partial charge in [-0.2, -0.15) is 0 Å². The van der Waals surface area contributed by atoms with Crippen LogP contribution in [0.3, 0.4) is 0 Å². The van der Waals surface area contributed by atoms with Gasteiger partial charge in [-0.25, -0.2) is 9.97 Å². The minimum absolute atomic E-state index is 0.705. The maximum atomic E-state index is 4.62. The molecule has 0 unspecified atom stereocenters. The molecule has 0 aliphatic heterocycles. The van der Waals surface area contributed by atoms with Gasteiger partial charge in [0.2, 0.25) is 0 Å². The van der Waals surface area contributed by atoms with Crippen LogP contribution in [0.5, 0.6) is 0 Å². The van der Waals surface area contributed by atoms with Crippen LogP contribution in [0.2, 0.25) is 0 Å². The minimum Gasteiger partial charge on any atom is -0.369 e. The molecule has 3 rings (SSSR count). The van der Waals surface area contributed by atoms with Crippen LogP contribution in [-0.4, -0.2) is 26.5 Å². The minimum atomic E-state index is 0.705. The Bertz CT molecular complexity index is 803. The molecule has 2 aromatic heterocycles. The monoisotopic (exact) mass is 391 g/mol. The van der Waals surface area contributed by atoms with E-state index in [-0.39, 0.29) is 0 Å². The maximum Gasteiger partial charge on any atom is 0.161 e. The van der Waals surface area contributed by atoms with E-state index < -0.39 is 0 Å². The molecule has 0 amide bonds. The number of nitrogens with zero attached hydrogens (tertiary/aromatic N) is 4. The zero-order chi connectivity index (χ0) is 14.8. The highest BCUT2D eigenvalue weighted by Crippen LogP contribution is 2.25. The topological polar surface area (TPSA) is 63.6 Å². The second-order valence-corrected chi connectivity index (χ2v) is 5.66. The third-order valence-electron chi connectivity index (χ3n) is 3.09. The second-order valence-electron chi connectivity index (χ2n) is 4.59. The molecule has 0 aliphatic rings. The zero-order valence-electron chi connectivity index (χ0n) is 11.8. The summed E-state index contributed by atoms with van der Waals surface area (Å²) < 4.78 is 1.05. The van der Waals surface area contributed by atoms with E-state index in [2.05, 4.69) is 54.8 Å². The lowest BCUT2D eigenvalue weighted by molar-refractivity contribution is 1.06. The van der Waals surface area contributed by atoms with Crippen molar-refractivity contribution in [3.05, 3.63) is 39.9 Å². The van der Waals surface area contributed by atoms with E-state index in [1.54, 1.807) is 12.4 Å². The first kappa shape index (κ1) is 14.1. The highest BCUT2D eigenvalue weighted by molar-refractivity contribution is 14.1. The standard InChI is InChI=1S/C15H14IN5/c1-3-17-15-13(16)9(2)20-14(21-15)10-4-5-11-12(8-10)19-7-6-18-11/h4-8H,3H2,1-2H3,(H,17,20,21). The van der Waals surface area contributed by atoms with Gasteiger partial charge in [0, 0.05) is 24.5 Å². The van der Waals surface area contributed by atoms with Crippen molar-refractivity contribution in [3.63, 3.8) is 0 Å². The molecular weight excluding hydrogens is 377 g/mol. The highest BCUT2D eigenvalue weighted by Gasteiger charge is 2.11. The molecule has 0 bridgehead atoms. The van der Waals surface area contributed by atoms with Gasteiger partial charge in [0.15, 0.2) is 5.82 Å². The van der Waals surface area contributed by atoms with Gasteiger partial charge >= 0.3 is 0 Å². The van der Waals surface area contributed by atoms with Crippen molar-refractivity contribution in [2.24, 2.45) is 0 Å². The summed E-state index contributed by atoms with van der Waals surface area (Å²) in [6.07, 6.45) is 3.38. The van der Waals surface area contributed by atoms with E-state index in [1.807, 2.05) is 25.1 Å². The summed E-state index contributed by atoms with van der Waals surface area (Å²) in [5.41, 5.74) is 3.63. The molecular formula is C15H14IN5. The van der Waals surface area contributed by atoms with Gasteiger partial charge in [0.1, 0.15) is 5.82 Å². The first-order valence-corrected chi connectivity index (χ1v) is 7.76. The lowest BCUT2D eigenvalue weighted by atomic mass is 10.1. The van der Waals surface area contributed by atoms with Crippen LogP contribution in [0.25, 0.3) is 22.4 Å². The molecule has 0 fully saturated rings. The highest BCUT2D eigenvalue weighted by atomic mass is 127. The molecule has 1 N–H and O–H groups in total. The van der Waals surface area contributed by atoms with Crippen LogP contribution in [0.15, 0.2) is 30.6 Å². The van der Waals surface area contributed by atoms with Gasteiger partial charge in [0.05, 0.1) is 20.3 Å². The number of aromatic nitrogens is 4. The average Bonchev–Trinajstić information content (AvgIpc) is 2.51. The molecule has 0 atom stereocenters. The molecule has 3 aromatic rings. The van der Waals surface area contributed by atoms with Crippen LogP contribution in [0.4, 0.5) is 5.82 Å². The first-order valence-electron chi connectivity index (χ1n) is 6.68. The summed E-state index contributed by atoms with van der Waals surface area (Å²) in [7, 11) is 0. The van der Waals surface area contributed by atoms with Gasteiger partial charge in [-0.15, -0.1) is 0 Å². The Labute approximate surface area is 136 Å². The van der Waals surface area contributed by atoms with Crippen LogP contribution in [0, 0.1) is 10.5 Å². The number of fused-ring (bicyclic) bond motifs is 1. The van der Waals surface area contributed by atoms with Crippen molar-refractivity contribution in [1.82, 2.24) is 19.9 Å². The fourth-order valence-electron chi connectivity index (χ4n) is 2.08. The van der Waals surface area contributed by atoms with E-state index in [0.29, 0.717) is 5.82 Å². The maximum absolute atomic E-state index is 4.62. The van der Waals surface area contributed by atoms with Gasteiger partial charge in [-0.3, -0.25) is 9.97 Å². The van der Waals surface area contributed by atoms with Gasteiger partial charge in [0.25, 0.3) is 0 Å². The van der Waals surface area contributed by atoms with Crippen LogP contribution in [-0.2, 0) is 0 Å². The van der Waals surface area contributed by atoms with E-state index in [9.17, 15) is 0 Å². The first-order chi connectivity index (χ1) is 10.2. The molecule has 0 spiro atoms. The molecule has 21 heavy (non-hydrogen) atoms. The van der Waals surface area contributed by atoms with Gasteiger partial charge in [-0.05, 0) is 54.6 Å².